The molecule has 0 spiro atoms. The van der Waals surface area contributed by atoms with E-state index in [0.717, 1.165) is 5.92 Å². The molecule has 1 aliphatic rings. The molecule has 1 saturated heterocycles. The predicted octanol–water partition coefficient (Wildman–Crippen LogP) is 5.33. The molecule has 1 aliphatic heterocycles. The third-order valence-corrected chi connectivity index (χ3v) is 5.25. The molecule has 0 N–H and O–H groups in total. The summed E-state index contributed by atoms with van der Waals surface area (Å²) in [4.78, 5) is 2.66. The number of nitrogens with zero attached hydrogens (tertiary/aromatic N) is 1. The van der Waals surface area contributed by atoms with Crippen LogP contribution in [0.2, 0.25) is 0 Å². The Morgan fingerprint density at radius 1 is 0.870 bits per heavy atom. The zero-order chi connectivity index (χ0) is 15.9. The fourth-order valence-electron chi connectivity index (χ4n) is 3.95. The maximum absolute atomic E-state index is 2.66. The number of rotatable bonds is 6. The molecule has 0 radical (unpaired) electrons. The van der Waals surface area contributed by atoms with E-state index >= 15 is 0 Å². The van der Waals surface area contributed by atoms with E-state index in [4.69, 9.17) is 0 Å². The monoisotopic (exact) mass is 307 g/mol. The van der Waals surface area contributed by atoms with Crippen LogP contribution in [-0.2, 0) is 0 Å². The average Bonchev–Trinajstić information content (AvgIpc) is 2.63. The fraction of sp³-hybridized carbons (Fsp3) is 0.455. The Morgan fingerprint density at radius 2 is 1.39 bits per heavy atom. The lowest BCUT2D eigenvalue weighted by atomic mass is 9.76. The minimum Gasteiger partial charge on any atom is -0.303 e. The zero-order valence-electron chi connectivity index (χ0n) is 14.3. The minimum absolute atomic E-state index is 0.547. The van der Waals surface area contributed by atoms with Gasteiger partial charge >= 0.3 is 0 Å². The van der Waals surface area contributed by atoms with Gasteiger partial charge in [-0.25, -0.2) is 0 Å². The molecular weight excluding hydrogens is 278 g/mol. The van der Waals surface area contributed by atoms with E-state index in [9.17, 15) is 0 Å². The maximum atomic E-state index is 2.66. The van der Waals surface area contributed by atoms with Crippen molar-refractivity contribution in [3.63, 3.8) is 0 Å². The molecule has 0 atom stereocenters. The third-order valence-electron chi connectivity index (χ3n) is 5.25. The van der Waals surface area contributed by atoms with E-state index in [1.807, 2.05) is 0 Å². The lowest BCUT2D eigenvalue weighted by Crippen LogP contribution is -2.36. The highest BCUT2D eigenvalue weighted by atomic mass is 15.1. The van der Waals surface area contributed by atoms with E-state index in [1.165, 1.54) is 56.4 Å². The van der Waals surface area contributed by atoms with E-state index < -0.39 is 0 Å². The Bertz CT molecular complexity index is 516. The van der Waals surface area contributed by atoms with E-state index in [2.05, 4.69) is 72.5 Å². The summed E-state index contributed by atoms with van der Waals surface area (Å²) >= 11 is 0. The summed E-state index contributed by atoms with van der Waals surface area (Å²) in [7, 11) is 0. The fourth-order valence-corrected chi connectivity index (χ4v) is 3.95. The van der Waals surface area contributed by atoms with Crippen LogP contribution in [0.1, 0.15) is 49.7 Å². The average molecular weight is 307 g/mol. The molecule has 23 heavy (non-hydrogen) atoms. The van der Waals surface area contributed by atoms with Gasteiger partial charge in [-0.15, -0.1) is 0 Å². The van der Waals surface area contributed by atoms with Gasteiger partial charge in [-0.05, 0) is 55.9 Å². The molecule has 122 valence electrons. The summed E-state index contributed by atoms with van der Waals surface area (Å²) in [5.74, 6) is 1.31. The van der Waals surface area contributed by atoms with Crippen LogP contribution >= 0.6 is 0 Å². The Balaban J connectivity index is 1.75. The SMILES string of the molecule is CCCCN1CCC(C(c2ccccc2)c2ccccc2)CC1. The molecule has 1 heterocycles. The molecule has 0 amide bonds. The molecule has 1 heteroatoms. The van der Waals surface area contributed by atoms with Crippen molar-refractivity contribution in [2.24, 2.45) is 5.92 Å². The van der Waals surface area contributed by atoms with Crippen LogP contribution in [0.5, 0.6) is 0 Å². The first kappa shape index (κ1) is 16.3. The Morgan fingerprint density at radius 3 is 1.87 bits per heavy atom. The van der Waals surface area contributed by atoms with Crippen molar-refractivity contribution in [3.8, 4) is 0 Å². The van der Waals surface area contributed by atoms with Crippen molar-refractivity contribution < 1.29 is 0 Å². The maximum Gasteiger partial charge on any atom is 0.0119 e. The summed E-state index contributed by atoms with van der Waals surface area (Å²) in [6.45, 7) is 6.10. The van der Waals surface area contributed by atoms with Gasteiger partial charge in [0.25, 0.3) is 0 Å². The Kier molecular flexibility index (Phi) is 5.87. The number of likely N-dealkylation sites (tertiary alicyclic amines) is 1. The van der Waals surface area contributed by atoms with E-state index in [0.29, 0.717) is 5.92 Å². The van der Waals surface area contributed by atoms with E-state index in [1.54, 1.807) is 0 Å². The molecule has 0 aromatic heterocycles. The molecule has 1 fully saturated rings. The number of benzene rings is 2. The highest BCUT2D eigenvalue weighted by Gasteiger charge is 2.28. The van der Waals surface area contributed by atoms with Gasteiger partial charge in [0.1, 0.15) is 0 Å². The lowest BCUT2D eigenvalue weighted by Gasteiger charge is -2.36. The molecule has 0 aliphatic carbocycles. The van der Waals surface area contributed by atoms with Gasteiger partial charge in [-0.1, -0.05) is 74.0 Å². The van der Waals surface area contributed by atoms with Gasteiger partial charge in [0.05, 0.1) is 0 Å². The van der Waals surface area contributed by atoms with Crippen LogP contribution in [0, 0.1) is 5.92 Å². The van der Waals surface area contributed by atoms with Crippen molar-refractivity contribution in [2.45, 2.75) is 38.5 Å². The van der Waals surface area contributed by atoms with Crippen LogP contribution < -0.4 is 0 Å². The summed E-state index contributed by atoms with van der Waals surface area (Å²) in [5, 5.41) is 0. The van der Waals surface area contributed by atoms with Crippen LogP contribution in [-0.4, -0.2) is 24.5 Å². The van der Waals surface area contributed by atoms with E-state index in [-0.39, 0.29) is 0 Å². The highest BCUT2D eigenvalue weighted by molar-refractivity contribution is 5.33. The van der Waals surface area contributed by atoms with Crippen molar-refractivity contribution in [3.05, 3.63) is 71.8 Å². The van der Waals surface area contributed by atoms with Crippen LogP contribution in [0.3, 0.4) is 0 Å². The van der Waals surface area contributed by atoms with Gasteiger partial charge in [0.15, 0.2) is 0 Å². The molecule has 2 aromatic rings. The molecule has 1 nitrogen and oxygen atoms in total. The van der Waals surface area contributed by atoms with Gasteiger partial charge in [0.2, 0.25) is 0 Å². The van der Waals surface area contributed by atoms with Crippen molar-refractivity contribution in [1.82, 2.24) is 4.90 Å². The highest BCUT2D eigenvalue weighted by Crippen LogP contribution is 2.37. The van der Waals surface area contributed by atoms with Crippen LogP contribution in [0.4, 0.5) is 0 Å². The second-order valence-electron chi connectivity index (χ2n) is 6.83. The summed E-state index contributed by atoms with van der Waals surface area (Å²) < 4.78 is 0. The largest absolute Gasteiger partial charge is 0.303 e. The topological polar surface area (TPSA) is 3.24 Å². The van der Waals surface area contributed by atoms with Crippen molar-refractivity contribution >= 4 is 0 Å². The van der Waals surface area contributed by atoms with Gasteiger partial charge in [-0.2, -0.15) is 0 Å². The summed E-state index contributed by atoms with van der Waals surface area (Å²) in [6, 6.07) is 22.2. The van der Waals surface area contributed by atoms with Crippen molar-refractivity contribution in [2.75, 3.05) is 19.6 Å². The van der Waals surface area contributed by atoms with Crippen molar-refractivity contribution in [1.29, 1.82) is 0 Å². The second-order valence-corrected chi connectivity index (χ2v) is 6.83. The Hall–Kier alpha value is -1.60. The first-order valence-corrected chi connectivity index (χ1v) is 9.20. The van der Waals surface area contributed by atoms with Gasteiger partial charge < -0.3 is 4.90 Å². The standard InChI is InChI=1S/C22H29N/c1-2-3-16-23-17-14-21(15-18-23)22(19-10-6-4-7-11-19)20-12-8-5-9-13-20/h4-13,21-22H,2-3,14-18H2,1H3. The summed E-state index contributed by atoms with van der Waals surface area (Å²) in [5.41, 5.74) is 2.96. The minimum atomic E-state index is 0.547. The first-order valence-electron chi connectivity index (χ1n) is 9.20. The quantitative estimate of drug-likeness (QED) is 0.697. The molecule has 3 rings (SSSR count). The number of hydrogen-bond donors (Lipinski definition) is 0. The Labute approximate surface area is 141 Å². The molecule has 0 saturated carbocycles. The third kappa shape index (κ3) is 4.23. The van der Waals surface area contributed by atoms with Gasteiger partial charge in [0, 0.05) is 5.92 Å². The predicted molar refractivity (Wildman–Crippen MR) is 98.8 cm³/mol. The lowest BCUT2D eigenvalue weighted by molar-refractivity contribution is 0.173. The van der Waals surface area contributed by atoms with Crippen LogP contribution in [0.25, 0.3) is 0 Å². The zero-order valence-corrected chi connectivity index (χ0v) is 14.3. The number of hydrogen-bond acceptors (Lipinski definition) is 1. The number of piperidine rings is 1. The smallest absolute Gasteiger partial charge is 0.0119 e. The van der Waals surface area contributed by atoms with Gasteiger partial charge in [-0.3, -0.25) is 0 Å². The summed E-state index contributed by atoms with van der Waals surface area (Å²) in [6.07, 6.45) is 5.28. The first-order chi connectivity index (χ1) is 11.4. The second kappa shape index (κ2) is 8.31. The molecular formula is C22H29N. The number of unbranched alkanes of at least 4 members (excludes halogenated alkanes) is 1. The molecule has 2 aromatic carbocycles. The molecule has 0 unspecified atom stereocenters. The molecule has 0 bridgehead atoms. The normalized spacial score (nSPS) is 16.8. The van der Waals surface area contributed by atoms with Crippen LogP contribution in [0.15, 0.2) is 60.7 Å².